The summed E-state index contributed by atoms with van der Waals surface area (Å²) in [4.78, 5) is 4.70. The SMILES string of the molecule is COc1ccc(C2=Nc3ccccc3OC2C)cc1. The molecule has 0 spiro atoms. The van der Waals surface area contributed by atoms with Crippen LogP contribution in [0.1, 0.15) is 12.5 Å². The Hall–Kier alpha value is -2.29. The van der Waals surface area contributed by atoms with Crippen molar-refractivity contribution in [3.63, 3.8) is 0 Å². The van der Waals surface area contributed by atoms with Gasteiger partial charge < -0.3 is 9.47 Å². The van der Waals surface area contributed by atoms with Crippen LogP contribution >= 0.6 is 0 Å². The number of hydrogen-bond acceptors (Lipinski definition) is 3. The molecule has 2 aromatic carbocycles. The smallest absolute Gasteiger partial charge is 0.145 e. The zero-order valence-electron chi connectivity index (χ0n) is 11.0. The van der Waals surface area contributed by atoms with Crippen molar-refractivity contribution in [1.29, 1.82) is 0 Å². The molecule has 0 radical (unpaired) electrons. The van der Waals surface area contributed by atoms with E-state index in [0.717, 1.165) is 28.5 Å². The Labute approximate surface area is 112 Å². The average molecular weight is 253 g/mol. The summed E-state index contributed by atoms with van der Waals surface area (Å²) in [6, 6.07) is 15.7. The largest absolute Gasteiger partial charge is 0.497 e. The van der Waals surface area contributed by atoms with Gasteiger partial charge in [-0.2, -0.15) is 0 Å². The first-order chi connectivity index (χ1) is 9.28. The van der Waals surface area contributed by atoms with Gasteiger partial charge in [0.1, 0.15) is 23.3 Å². The molecule has 0 bridgehead atoms. The number of hydrogen-bond donors (Lipinski definition) is 0. The molecule has 1 heterocycles. The maximum absolute atomic E-state index is 5.89. The first kappa shape index (κ1) is 11.8. The molecule has 2 aromatic rings. The fourth-order valence-electron chi connectivity index (χ4n) is 2.18. The summed E-state index contributed by atoms with van der Waals surface area (Å²) in [6.07, 6.45) is -0.0525. The van der Waals surface area contributed by atoms with E-state index in [1.54, 1.807) is 7.11 Å². The van der Waals surface area contributed by atoms with Gasteiger partial charge in [0.25, 0.3) is 0 Å². The van der Waals surface area contributed by atoms with Crippen LogP contribution in [-0.2, 0) is 0 Å². The van der Waals surface area contributed by atoms with Crippen molar-refractivity contribution < 1.29 is 9.47 Å². The highest BCUT2D eigenvalue weighted by Gasteiger charge is 2.21. The van der Waals surface area contributed by atoms with E-state index < -0.39 is 0 Å². The average Bonchev–Trinajstić information content (AvgIpc) is 2.47. The lowest BCUT2D eigenvalue weighted by Crippen LogP contribution is -2.27. The lowest BCUT2D eigenvalue weighted by Gasteiger charge is -2.23. The maximum atomic E-state index is 5.89. The fraction of sp³-hybridized carbons (Fsp3) is 0.188. The molecule has 0 saturated carbocycles. The molecule has 0 saturated heterocycles. The standard InChI is InChI=1S/C16H15NO2/c1-11-16(12-7-9-13(18-2)10-8-12)17-14-5-3-4-6-15(14)19-11/h3-11H,1-2H3. The Balaban J connectivity index is 2.01. The van der Waals surface area contributed by atoms with Crippen LogP contribution in [0.15, 0.2) is 53.5 Å². The third-order valence-electron chi connectivity index (χ3n) is 3.18. The van der Waals surface area contributed by atoms with Crippen LogP contribution in [0.25, 0.3) is 0 Å². The summed E-state index contributed by atoms with van der Waals surface area (Å²) in [6.45, 7) is 2.01. The van der Waals surface area contributed by atoms with Crippen LogP contribution in [-0.4, -0.2) is 18.9 Å². The van der Waals surface area contributed by atoms with Crippen molar-refractivity contribution in [3.8, 4) is 11.5 Å². The summed E-state index contributed by atoms with van der Waals surface area (Å²) in [5, 5.41) is 0. The molecule has 0 aromatic heterocycles. The number of methoxy groups -OCH3 is 1. The summed E-state index contributed by atoms with van der Waals surface area (Å²) in [5.74, 6) is 1.68. The lowest BCUT2D eigenvalue weighted by atomic mass is 10.0. The quantitative estimate of drug-likeness (QED) is 0.818. The summed E-state index contributed by atoms with van der Waals surface area (Å²) in [5.41, 5.74) is 2.88. The van der Waals surface area contributed by atoms with Gasteiger partial charge in [0.15, 0.2) is 0 Å². The van der Waals surface area contributed by atoms with E-state index in [4.69, 9.17) is 14.5 Å². The molecule has 1 unspecified atom stereocenters. The van der Waals surface area contributed by atoms with Crippen LogP contribution in [0.5, 0.6) is 11.5 Å². The van der Waals surface area contributed by atoms with Gasteiger partial charge in [-0.1, -0.05) is 12.1 Å². The highest BCUT2D eigenvalue weighted by Crippen LogP contribution is 2.33. The van der Waals surface area contributed by atoms with Crippen LogP contribution < -0.4 is 9.47 Å². The Kier molecular flexibility index (Phi) is 2.95. The van der Waals surface area contributed by atoms with Crippen molar-refractivity contribution in [2.45, 2.75) is 13.0 Å². The molecular formula is C16H15NO2. The summed E-state index contributed by atoms with van der Waals surface area (Å²) in [7, 11) is 1.66. The Morgan fingerprint density at radius 1 is 1.05 bits per heavy atom. The zero-order chi connectivity index (χ0) is 13.2. The molecule has 19 heavy (non-hydrogen) atoms. The van der Waals surface area contributed by atoms with Crippen molar-refractivity contribution in [2.75, 3.05) is 7.11 Å². The summed E-state index contributed by atoms with van der Waals surface area (Å²) < 4.78 is 11.1. The highest BCUT2D eigenvalue weighted by molar-refractivity contribution is 6.06. The Bertz CT molecular complexity index is 617. The van der Waals surface area contributed by atoms with Crippen LogP contribution in [0.2, 0.25) is 0 Å². The number of ether oxygens (including phenoxy) is 2. The molecule has 0 fully saturated rings. The first-order valence-corrected chi connectivity index (χ1v) is 6.26. The molecule has 1 aliphatic heterocycles. The predicted octanol–water partition coefficient (Wildman–Crippen LogP) is 3.60. The molecule has 1 aliphatic rings. The summed E-state index contributed by atoms with van der Waals surface area (Å²) >= 11 is 0. The van der Waals surface area contributed by atoms with E-state index in [9.17, 15) is 0 Å². The second-order valence-electron chi connectivity index (χ2n) is 4.45. The van der Waals surface area contributed by atoms with Gasteiger partial charge in [-0.05, 0) is 43.3 Å². The van der Waals surface area contributed by atoms with Gasteiger partial charge in [0, 0.05) is 5.56 Å². The van der Waals surface area contributed by atoms with E-state index in [1.807, 2.05) is 55.5 Å². The third kappa shape index (κ3) is 2.19. The van der Waals surface area contributed by atoms with Crippen LogP contribution in [0, 0.1) is 0 Å². The molecule has 96 valence electrons. The van der Waals surface area contributed by atoms with Crippen LogP contribution in [0.3, 0.4) is 0 Å². The number of rotatable bonds is 2. The highest BCUT2D eigenvalue weighted by atomic mass is 16.5. The molecule has 3 heteroatoms. The second kappa shape index (κ2) is 4.76. The van der Waals surface area contributed by atoms with Gasteiger partial charge in [0.2, 0.25) is 0 Å². The Morgan fingerprint density at radius 3 is 2.53 bits per heavy atom. The Morgan fingerprint density at radius 2 is 1.79 bits per heavy atom. The van der Waals surface area contributed by atoms with Gasteiger partial charge >= 0.3 is 0 Å². The van der Waals surface area contributed by atoms with Crippen molar-refractivity contribution in [1.82, 2.24) is 0 Å². The second-order valence-corrected chi connectivity index (χ2v) is 4.45. The number of nitrogens with zero attached hydrogens (tertiary/aromatic N) is 1. The minimum absolute atomic E-state index is 0.0525. The molecule has 0 aliphatic carbocycles. The predicted molar refractivity (Wildman–Crippen MR) is 75.7 cm³/mol. The minimum atomic E-state index is -0.0525. The maximum Gasteiger partial charge on any atom is 0.145 e. The van der Waals surface area contributed by atoms with Crippen molar-refractivity contribution >= 4 is 11.4 Å². The molecular weight excluding hydrogens is 238 g/mol. The van der Waals surface area contributed by atoms with E-state index in [1.165, 1.54) is 0 Å². The molecule has 3 nitrogen and oxygen atoms in total. The molecule has 1 atom stereocenters. The molecule has 0 N–H and O–H groups in total. The number of benzene rings is 2. The van der Waals surface area contributed by atoms with E-state index in [2.05, 4.69) is 0 Å². The fourth-order valence-corrected chi connectivity index (χ4v) is 2.18. The van der Waals surface area contributed by atoms with E-state index in [0.29, 0.717) is 0 Å². The van der Waals surface area contributed by atoms with Gasteiger partial charge in [-0.15, -0.1) is 0 Å². The van der Waals surface area contributed by atoms with E-state index >= 15 is 0 Å². The monoisotopic (exact) mass is 253 g/mol. The number of aliphatic imine (C=N–C) groups is 1. The van der Waals surface area contributed by atoms with Gasteiger partial charge in [-0.25, -0.2) is 4.99 Å². The van der Waals surface area contributed by atoms with Crippen LogP contribution in [0.4, 0.5) is 5.69 Å². The topological polar surface area (TPSA) is 30.8 Å². The third-order valence-corrected chi connectivity index (χ3v) is 3.18. The molecule has 3 rings (SSSR count). The van der Waals surface area contributed by atoms with Crippen molar-refractivity contribution in [2.24, 2.45) is 4.99 Å². The van der Waals surface area contributed by atoms with Gasteiger partial charge in [0.05, 0.1) is 12.8 Å². The number of para-hydroxylation sites is 2. The van der Waals surface area contributed by atoms with Gasteiger partial charge in [-0.3, -0.25) is 0 Å². The lowest BCUT2D eigenvalue weighted by molar-refractivity contribution is 0.283. The number of fused-ring (bicyclic) bond motifs is 1. The zero-order valence-corrected chi connectivity index (χ0v) is 11.0. The first-order valence-electron chi connectivity index (χ1n) is 6.26. The van der Waals surface area contributed by atoms with Crippen molar-refractivity contribution in [3.05, 3.63) is 54.1 Å². The minimum Gasteiger partial charge on any atom is -0.497 e. The molecule has 0 amide bonds. The van der Waals surface area contributed by atoms with E-state index in [-0.39, 0.29) is 6.10 Å². The normalized spacial score (nSPS) is 17.2.